The van der Waals surface area contributed by atoms with Gasteiger partial charge in [-0.3, -0.25) is 0 Å². The van der Waals surface area contributed by atoms with Crippen LogP contribution in [-0.4, -0.2) is 13.8 Å². The molecule has 1 aromatic carbocycles. The van der Waals surface area contributed by atoms with Crippen molar-refractivity contribution in [1.82, 2.24) is 5.32 Å². The molecular formula is C12H20N2O. The molecule has 3 heteroatoms. The normalized spacial score (nSPS) is 10.5. The highest BCUT2D eigenvalue weighted by Gasteiger charge is 2.09. The third-order valence-electron chi connectivity index (χ3n) is 2.80. The van der Waals surface area contributed by atoms with E-state index in [0.29, 0.717) is 6.67 Å². The zero-order valence-corrected chi connectivity index (χ0v) is 9.98. The van der Waals surface area contributed by atoms with Gasteiger partial charge in [-0.2, -0.15) is 0 Å². The summed E-state index contributed by atoms with van der Waals surface area (Å²) in [5.41, 5.74) is 10.4. The lowest BCUT2D eigenvalue weighted by Crippen LogP contribution is -2.22. The summed E-state index contributed by atoms with van der Waals surface area (Å²) in [6, 6.07) is 2.16. The van der Waals surface area contributed by atoms with Crippen LogP contribution in [0.1, 0.15) is 22.3 Å². The van der Waals surface area contributed by atoms with E-state index in [4.69, 9.17) is 10.5 Å². The van der Waals surface area contributed by atoms with Crippen molar-refractivity contribution < 1.29 is 4.74 Å². The van der Waals surface area contributed by atoms with Crippen molar-refractivity contribution in [3.05, 3.63) is 28.3 Å². The van der Waals surface area contributed by atoms with Crippen molar-refractivity contribution in [2.24, 2.45) is 5.73 Å². The van der Waals surface area contributed by atoms with E-state index in [1.807, 2.05) is 0 Å². The van der Waals surface area contributed by atoms with Crippen LogP contribution in [0.15, 0.2) is 6.07 Å². The van der Waals surface area contributed by atoms with E-state index in [9.17, 15) is 0 Å². The van der Waals surface area contributed by atoms with Crippen molar-refractivity contribution >= 4 is 0 Å². The van der Waals surface area contributed by atoms with Crippen LogP contribution >= 0.6 is 0 Å². The van der Waals surface area contributed by atoms with Gasteiger partial charge in [0, 0.05) is 13.2 Å². The number of aryl methyl sites for hydroxylation is 1. The second-order valence-electron chi connectivity index (χ2n) is 3.77. The number of rotatable bonds is 4. The summed E-state index contributed by atoms with van der Waals surface area (Å²) >= 11 is 0. The summed E-state index contributed by atoms with van der Waals surface area (Å²) in [5.74, 6) is 0.990. The van der Waals surface area contributed by atoms with Crippen molar-refractivity contribution in [3.63, 3.8) is 0 Å². The summed E-state index contributed by atoms with van der Waals surface area (Å²) in [6.07, 6.45) is 0. The second-order valence-corrected chi connectivity index (χ2v) is 3.77. The van der Waals surface area contributed by atoms with Gasteiger partial charge in [-0.05, 0) is 43.0 Å². The average Bonchev–Trinajstić information content (AvgIpc) is 2.22. The van der Waals surface area contributed by atoms with Crippen LogP contribution in [0.3, 0.4) is 0 Å². The summed E-state index contributed by atoms with van der Waals surface area (Å²) < 4.78 is 5.37. The molecule has 0 atom stereocenters. The number of benzene rings is 1. The Hall–Kier alpha value is -1.06. The van der Waals surface area contributed by atoms with Crippen molar-refractivity contribution in [2.75, 3.05) is 13.8 Å². The molecule has 0 bridgehead atoms. The molecule has 0 aliphatic carbocycles. The van der Waals surface area contributed by atoms with E-state index in [2.05, 4.69) is 32.2 Å². The predicted molar refractivity (Wildman–Crippen MR) is 63.1 cm³/mol. The number of nitrogens with one attached hydrogen (secondary N) is 1. The van der Waals surface area contributed by atoms with E-state index in [1.54, 1.807) is 7.11 Å². The fourth-order valence-corrected chi connectivity index (χ4v) is 1.85. The third-order valence-corrected chi connectivity index (χ3v) is 2.80. The van der Waals surface area contributed by atoms with Crippen LogP contribution in [0, 0.1) is 20.8 Å². The van der Waals surface area contributed by atoms with Gasteiger partial charge in [0.1, 0.15) is 5.75 Å². The Morgan fingerprint density at radius 1 is 1.27 bits per heavy atom. The summed E-state index contributed by atoms with van der Waals surface area (Å²) in [5, 5.41) is 3.13. The smallest absolute Gasteiger partial charge is 0.124 e. The van der Waals surface area contributed by atoms with Crippen LogP contribution < -0.4 is 15.8 Å². The van der Waals surface area contributed by atoms with Gasteiger partial charge in [-0.25, -0.2) is 0 Å². The Labute approximate surface area is 91.6 Å². The minimum Gasteiger partial charge on any atom is -0.496 e. The zero-order chi connectivity index (χ0) is 11.4. The number of methoxy groups -OCH3 is 1. The Morgan fingerprint density at radius 2 is 1.93 bits per heavy atom. The first-order chi connectivity index (χ1) is 7.11. The molecule has 0 saturated heterocycles. The highest BCUT2D eigenvalue weighted by Crippen LogP contribution is 2.28. The molecule has 0 unspecified atom stereocenters. The first kappa shape index (κ1) is 12.0. The van der Waals surface area contributed by atoms with E-state index < -0.39 is 0 Å². The van der Waals surface area contributed by atoms with Gasteiger partial charge in [0.25, 0.3) is 0 Å². The third kappa shape index (κ3) is 2.49. The SMILES string of the molecule is COc1c(C)cc(CNCN)c(C)c1C. The van der Waals surface area contributed by atoms with Gasteiger partial charge in [-0.1, -0.05) is 6.07 Å². The van der Waals surface area contributed by atoms with Gasteiger partial charge < -0.3 is 15.8 Å². The zero-order valence-electron chi connectivity index (χ0n) is 9.98. The molecule has 1 rings (SSSR count). The molecule has 15 heavy (non-hydrogen) atoms. The van der Waals surface area contributed by atoms with E-state index in [0.717, 1.165) is 12.3 Å². The van der Waals surface area contributed by atoms with E-state index >= 15 is 0 Å². The molecule has 84 valence electrons. The Balaban J connectivity index is 3.10. The summed E-state index contributed by atoms with van der Waals surface area (Å²) in [4.78, 5) is 0. The van der Waals surface area contributed by atoms with E-state index in [-0.39, 0.29) is 0 Å². The Morgan fingerprint density at radius 3 is 2.47 bits per heavy atom. The van der Waals surface area contributed by atoms with Gasteiger partial charge in [0.15, 0.2) is 0 Å². The minimum absolute atomic E-state index is 0.504. The largest absolute Gasteiger partial charge is 0.496 e. The van der Waals surface area contributed by atoms with Gasteiger partial charge >= 0.3 is 0 Å². The van der Waals surface area contributed by atoms with E-state index in [1.165, 1.54) is 22.3 Å². The van der Waals surface area contributed by atoms with Crippen molar-refractivity contribution in [1.29, 1.82) is 0 Å². The molecule has 0 aromatic heterocycles. The molecule has 1 aromatic rings. The van der Waals surface area contributed by atoms with Gasteiger partial charge in [0.2, 0.25) is 0 Å². The molecule has 0 radical (unpaired) electrons. The number of ether oxygens (including phenoxy) is 1. The fourth-order valence-electron chi connectivity index (χ4n) is 1.85. The molecule has 3 nitrogen and oxygen atoms in total. The molecule has 0 amide bonds. The maximum absolute atomic E-state index is 5.42. The highest BCUT2D eigenvalue weighted by molar-refractivity contribution is 5.48. The molecule has 0 saturated carbocycles. The lowest BCUT2D eigenvalue weighted by molar-refractivity contribution is 0.408. The predicted octanol–water partition coefficient (Wildman–Crippen LogP) is 1.63. The fraction of sp³-hybridized carbons (Fsp3) is 0.500. The lowest BCUT2D eigenvalue weighted by Gasteiger charge is -2.15. The van der Waals surface area contributed by atoms with Crippen molar-refractivity contribution in [3.8, 4) is 5.75 Å². The Bertz CT molecular complexity index is 348. The monoisotopic (exact) mass is 208 g/mol. The maximum atomic E-state index is 5.42. The first-order valence-corrected chi connectivity index (χ1v) is 5.16. The maximum Gasteiger partial charge on any atom is 0.124 e. The second kappa shape index (κ2) is 5.14. The number of nitrogens with two attached hydrogens (primary N) is 1. The molecule has 0 aliphatic rings. The number of hydrogen-bond acceptors (Lipinski definition) is 3. The molecule has 0 spiro atoms. The van der Waals surface area contributed by atoms with Crippen LogP contribution in [0.4, 0.5) is 0 Å². The van der Waals surface area contributed by atoms with Gasteiger partial charge in [0.05, 0.1) is 7.11 Å². The standard InChI is InChI=1S/C12H20N2O/c1-8-5-11(6-14-7-13)9(2)10(3)12(8)15-4/h5,14H,6-7,13H2,1-4H3. The molecule has 0 aliphatic heterocycles. The average molecular weight is 208 g/mol. The molecule has 0 heterocycles. The Kier molecular flexibility index (Phi) is 4.12. The quantitative estimate of drug-likeness (QED) is 0.739. The van der Waals surface area contributed by atoms with Crippen molar-refractivity contribution in [2.45, 2.75) is 27.3 Å². The molecule has 0 fully saturated rings. The van der Waals surface area contributed by atoms with Crippen LogP contribution in [0.25, 0.3) is 0 Å². The number of hydrogen-bond donors (Lipinski definition) is 2. The molecule has 3 N–H and O–H groups in total. The van der Waals surface area contributed by atoms with Crippen LogP contribution in [0.5, 0.6) is 5.75 Å². The summed E-state index contributed by atoms with van der Waals surface area (Å²) in [7, 11) is 1.71. The lowest BCUT2D eigenvalue weighted by atomic mass is 9.98. The highest BCUT2D eigenvalue weighted by atomic mass is 16.5. The van der Waals surface area contributed by atoms with Crippen LogP contribution in [-0.2, 0) is 6.54 Å². The van der Waals surface area contributed by atoms with Gasteiger partial charge in [-0.15, -0.1) is 0 Å². The van der Waals surface area contributed by atoms with Crippen LogP contribution in [0.2, 0.25) is 0 Å². The minimum atomic E-state index is 0.504. The topological polar surface area (TPSA) is 47.3 Å². The first-order valence-electron chi connectivity index (χ1n) is 5.16. The summed E-state index contributed by atoms with van der Waals surface area (Å²) in [6.45, 7) is 7.59. The molecular weight excluding hydrogens is 188 g/mol.